The largest absolute Gasteiger partial charge is 0.316 e. The lowest BCUT2D eigenvalue weighted by atomic mass is 10.1. The van der Waals surface area contributed by atoms with Gasteiger partial charge in [-0.15, -0.1) is 0 Å². The van der Waals surface area contributed by atoms with Gasteiger partial charge in [-0.2, -0.15) is 5.10 Å². The third kappa shape index (κ3) is 3.70. The normalized spacial score (nSPS) is 10.8. The van der Waals surface area contributed by atoms with Crippen LogP contribution in [0.15, 0.2) is 76.4 Å². The summed E-state index contributed by atoms with van der Waals surface area (Å²) >= 11 is 0. The highest BCUT2D eigenvalue weighted by Gasteiger charge is 2.16. The number of H-pyrrole nitrogens is 1. The molecule has 2 aromatic carbocycles. The van der Waals surface area contributed by atoms with Crippen molar-refractivity contribution in [2.45, 2.75) is 13.5 Å². The number of hydrogen-bond acceptors (Lipinski definition) is 4. The molecule has 2 N–H and O–H groups in total. The molecule has 0 spiro atoms. The van der Waals surface area contributed by atoms with Crippen molar-refractivity contribution < 1.29 is 4.79 Å². The van der Waals surface area contributed by atoms with Crippen LogP contribution in [-0.4, -0.2) is 20.7 Å². The Hall–Kier alpha value is -4.00. The topological polar surface area (TPSA) is 96.8 Å². The highest BCUT2D eigenvalue weighted by Crippen LogP contribution is 2.08. The highest BCUT2D eigenvalue weighted by molar-refractivity contribution is 6.04. The number of nitrogens with zero attached hydrogens (tertiary/aromatic N) is 2. The molecular weight excluding hydrogens is 368 g/mol. The molecule has 144 valence electrons. The van der Waals surface area contributed by atoms with E-state index in [4.69, 9.17) is 0 Å². The smallest absolute Gasteiger partial charge is 0.280 e. The van der Waals surface area contributed by atoms with Crippen LogP contribution in [0.1, 0.15) is 21.6 Å². The molecule has 7 heteroatoms. The molecule has 4 rings (SSSR count). The van der Waals surface area contributed by atoms with Gasteiger partial charge in [-0.05, 0) is 36.8 Å². The van der Waals surface area contributed by atoms with Gasteiger partial charge in [-0.3, -0.25) is 19.5 Å². The number of aryl methyl sites for hydroxylation is 1. The van der Waals surface area contributed by atoms with Gasteiger partial charge in [0, 0.05) is 11.6 Å². The van der Waals surface area contributed by atoms with Crippen molar-refractivity contribution in [1.29, 1.82) is 0 Å². The monoisotopic (exact) mass is 386 g/mol. The van der Waals surface area contributed by atoms with Gasteiger partial charge in [-0.1, -0.05) is 42.0 Å². The zero-order valence-corrected chi connectivity index (χ0v) is 15.7. The van der Waals surface area contributed by atoms with E-state index in [1.54, 1.807) is 36.5 Å². The van der Waals surface area contributed by atoms with Crippen molar-refractivity contribution in [3.63, 3.8) is 0 Å². The Labute approximate surface area is 165 Å². The third-order valence-electron chi connectivity index (χ3n) is 4.63. The molecule has 0 saturated carbocycles. The molecule has 0 aliphatic carbocycles. The van der Waals surface area contributed by atoms with E-state index in [0.717, 1.165) is 11.1 Å². The Kier molecular flexibility index (Phi) is 4.78. The Bertz CT molecular complexity index is 1320. The first kappa shape index (κ1) is 18.4. The second-order valence-electron chi connectivity index (χ2n) is 6.74. The van der Waals surface area contributed by atoms with Gasteiger partial charge in [0.15, 0.2) is 5.69 Å². The molecule has 0 unspecified atom stereocenters. The van der Waals surface area contributed by atoms with Crippen molar-refractivity contribution in [3.8, 4) is 0 Å². The fourth-order valence-corrected chi connectivity index (χ4v) is 3.06. The van der Waals surface area contributed by atoms with Crippen LogP contribution in [0, 0.1) is 6.92 Å². The van der Waals surface area contributed by atoms with Crippen molar-refractivity contribution >= 4 is 22.5 Å². The summed E-state index contributed by atoms with van der Waals surface area (Å²) in [6.07, 6.45) is 1.65. The molecule has 0 saturated heterocycles. The number of aromatic amines is 1. The molecule has 1 amide bonds. The molecule has 2 heterocycles. The standard InChI is InChI=1S/C22H18N4O3/c1-14-8-10-15(11-9-14)13-26-12-4-7-18(22(26)29)23-21(28)19-20(27)16-5-2-3-6-17(16)24-25-19/h2-12H,13H2,1H3,(H,23,28)(H,24,27). The maximum Gasteiger partial charge on any atom is 0.280 e. The number of para-hydroxylation sites is 1. The number of rotatable bonds is 4. The van der Waals surface area contributed by atoms with Crippen LogP contribution in [0.3, 0.4) is 0 Å². The zero-order chi connectivity index (χ0) is 20.4. The molecule has 29 heavy (non-hydrogen) atoms. The highest BCUT2D eigenvalue weighted by atomic mass is 16.2. The molecule has 4 aromatic rings. The van der Waals surface area contributed by atoms with E-state index in [2.05, 4.69) is 15.5 Å². The number of carbonyl (C=O) groups excluding carboxylic acids is 1. The average molecular weight is 386 g/mol. The van der Waals surface area contributed by atoms with E-state index < -0.39 is 11.3 Å². The zero-order valence-electron chi connectivity index (χ0n) is 15.7. The average Bonchev–Trinajstić information content (AvgIpc) is 2.73. The van der Waals surface area contributed by atoms with Crippen LogP contribution in [0.25, 0.3) is 10.9 Å². The quantitative estimate of drug-likeness (QED) is 0.564. The number of aromatic nitrogens is 3. The van der Waals surface area contributed by atoms with Crippen molar-refractivity contribution in [3.05, 3.63) is 104 Å². The Morgan fingerprint density at radius 3 is 2.59 bits per heavy atom. The second kappa shape index (κ2) is 7.55. The van der Waals surface area contributed by atoms with E-state index in [0.29, 0.717) is 17.4 Å². The number of anilines is 1. The summed E-state index contributed by atoms with van der Waals surface area (Å²) in [5, 5.41) is 9.44. The van der Waals surface area contributed by atoms with Gasteiger partial charge in [-0.25, -0.2) is 0 Å². The van der Waals surface area contributed by atoms with Crippen LogP contribution in [0.4, 0.5) is 5.69 Å². The number of nitrogens with one attached hydrogen (secondary N) is 2. The first-order chi connectivity index (χ1) is 14.0. The number of carbonyl (C=O) groups is 1. The Morgan fingerprint density at radius 2 is 1.79 bits per heavy atom. The van der Waals surface area contributed by atoms with Crippen LogP contribution in [0.2, 0.25) is 0 Å². The van der Waals surface area contributed by atoms with Crippen molar-refractivity contribution in [1.82, 2.24) is 14.8 Å². The number of amides is 1. The molecule has 2 aromatic heterocycles. The van der Waals surface area contributed by atoms with Gasteiger partial charge in [0.25, 0.3) is 11.5 Å². The number of fused-ring (bicyclic) bond motifs is 1. The van der Waals surface area contributed by atoms with E-state index in [1.165, 1.54) is 10.6 Å². The molecule has 0 radical (unpaired) electrons. The lowest BCUT2D eigenvalue weighted by Gasteiger charge is -2.09. The summed E-state index contributed by atoms with van der Waals surface area (Å²) in [5.74, 6) is -0.734. The molecule has 0 aliphatic heterocycles. The summed E-state index contributed by atoms with van der Waals surface area (Å²) in [6.45, 7) is 2.37. The van der Waals surface area contributed by atoms with Gasteiger partial charge in [0.1, 0.15) is 5.69 Å². The number of hydrogen-bond donors (Lipinski definition) is 2. The third-order valence-corrected chi connectivity index (χ3v) is 4.63. The SMILES string of the molecule is Cc1ccc(Cn2cccc(NC(=O)c3n[nH]c4ccccc4c3=O)c2=O)cc1. The first-order valence-corrected chi connectivity index (χ1v) is 9.07. The van der Waals surface area contributed by atoms with Gasteiger partial charge in [0.2, 0.25) is 5.43 Å². The van der Waals surface area contributed by atoms with Gasteiger partial charge < -0.3 is 9.88 Å². The van der Waals surface area contributed by atoms with Gasteiger partial charge >= 0.3 is 0 Å². The first-order valence-electron chi connectivity index (χ1n) is 9.07. The predicted octanol–water partition coefficient (Wildman–Crippen LogP) is 2.69. The second-order valence-corrected chi connectivity index (χ2v) is 6.74. The van der Waals surface area contributed by atoms with E-state index >= 15 is 0 Å². The molecule has 0 bridgehead atoms. The predicted molar refractivity (Wildman–Crippen MR) is 111 cm³/mol. The summed E-state index contributed by atoms with van der Waals surface area (Å²) in [4.78, 5) is 37.9. The van der Waals surface area contributed by atoms with Crippen molar-refractivity contribution in [2.75, 3.05) is 5.32 Å². The van der Waals surface area contributed by atoms with E-state index in [9.17, 15) is 14.4 Å². The molecular formula is C22H18N4O3. The summed E-state index contributed by atoms with van der Waals surface area (Å²) in [6, 6.07) is 17.8. The van der Waals surface area contributed by atoms with Crippen molar-refractivity contribution in [2.24, 2.45) is 0 Å². The maximum atomic E-state index is 12.7. The fourth-order valence-electron chi connectivity index (χ4n) is 3.06. The molecule has 0 aliphatic rings. The lowest BCUT2D eigenvalue weighted by molar-refractivity contribution is 0.102. The minimum Gasteiger partial charge on any atom is -0.316 e. The Balaban J connectivity index is 1.62. The minimum atomic E-state index is -0.734. The summed E-state index contributed by atoms with van der Waals surface area (Å²) in [5.41, 5.74) is 1.57. The lowest BCUT2D eigenvalue weighted by Crippen LogP contribution is -2.29. The fraction of sp³-hybridized carbons (Fsp3) is 0.0909. The Morgan fingerprint density at radius 1 is 1.03 bits per heavy atom. The number of pyridine rings is 1. The maximum absolute atomic E-state index is 12.7. The van der Waals surface area contributed by atoms with Crippen LogP contribution in [-0.2, 0) is 6.54 Å². The number of benzene rings is 2. The van der Waals surface area contributed by atoms with E-state index in [-0.39, 0.29) is 16.9 Å². The molecule has 0 fully saturated rings. The van der Waals surface area contributed by atoms with Crippen LogP contribution in [0.5, 0.6) is 0 Å². The summed E-state index contributed by atoms with van der Waals surface area (Å²) < 4.78 is 1.50. The van der Waals surface area contributed by atoms with Gasteiger partial charge in [0.05, 0.1) is 12.1 Å². The molecule has 7 nitrogen and oxygen atoms in total. The van der Waals surface area contributed by atoms with Crippen LogP contribution < -0.4 is 16.3 Å². The van der Waals surface area contributed by atoms with Crippen LogP contribution >= 0.6 is 0 Å². The summed E-state index contributed by atoms with van der Waals surface area (Å²) in [7, 11) is 0. The van der Waals surface area contributed by atoms with E-state index in [1.807, 2.05) is 31.2 Å². The minimum absolute atomic E-state index is 0.0824. The molecule has 0 atom stereocenters.